The number of anilines is 1. The van der Waals surface area contributed by atoms with Gasteiger partial charge < -0.3 is 5.11 Å². The van der Waals surface area contributed by atoms with Crippen LogP contribution in [0.1, 0.15) is 18.5 Å². The molecule has 2 aromatic rings. The average Bonchev–Trinajstić information content (AvgIpc) is 2.87. The third-order valence-electron chi connectivity index (χ3n) is 3.97. The fraction of sp³-hybridized carbons (Fsp3) is 0.118. The summed E-state index contributed by atoms with van der Waals surface area (Å²) >= 11 is 3.25. The SMILES string of the molecule is CC(=O)C1=C(O)C(=O)N(c2ccc(Br)cn2)C1c1ccc([N+](=O)[O-])cc1. The number of aliphatic hydroxyl groups excluding tert-OH is 1. The molecule has 1 N–H and O–H groups in total. The normalized spacial score (nSPS) is 16.9. The smallest absolute Gasteiger partial charge is 0.295 e. The Kier molecular flexibility index (Phi) is 4.56. The Morgan fingerprint density at radius 2 is 1.92 bits per heavy atom. The maximum absolute atomic E-state index is 12.6. The molecule has 9 heteroatoms. The van der Waals surface area contributed by atoms with Crippen molar-refractivity contribution in [3.05, 3.63) is 74.1 Å². The maximum atomic E-state index is 12.6. The van der Waals surface area contributed by atoms with E-state index in [0.717, 1.165) is 0 Å². The van der Waals surface area contributed by atoms with Crippen LogP contribution < -0.4 is 4.90 Å². The summed E-state index contributed by atoms with van der Waals surface area (Å²) < 4.78 is 0.698. The van der Waals surface area contributed by atoms with Crippen LogP contribution in [0.5, 0.6) is 0 Å². The number of carbonyl (C=O) groups is 2. The lowest BCUT2D eigenvalue weighted by atomic mass is 9.96. The molecular weight excluding hydrogens is 406 g/mol. The van der Waals surface area contributed by atoms with E-state index in [1.807, 2.05) is 0 Å². The number of halogens is 1. The summed E-state index contributed by atoms with van der Waals surface area (Å²) in [7, 11) is 0. The number of hydrogen-bond donors (Lipinski definition) is 1. The van der Waals surface area contributed by atoms with Gasteiger partial charge in [0.15, 0.2) is 11.5 Å². The first-order chi connectivity index (χ1) is 12.3. The second kappa shape index (κ2) is 6.68. The van der Waals surface area contributed by atoms with E-state index in [1.54, 1.807) is 12.1 Å². The van der Waals surface area contributed by atoms with E-state index >= 15 is 0 Å². The average molecular weight is 418 g/mol. The Hall–Kier alpha value is -3.07. The van der Waals surface area contributed by atoms with E-state index in [4.69, 9.17) is 0 Å². The monoisotopic (exact) mass is 417 g/mol. The molecule has 0 saturated heterocycles. The number of benzene rings is 1. The van der Waals surface area contributed by atoms with Crippen molar-refractivity contribution in [2.24, 2.45) is 0 Å². The van der Waals surface area contributed by atoms with Crippen LogP contribution in [0.2, 0.25) is 0 Å². The molecule has 1 aliphatic rings. The van der Waals surface area contributed by atoms with Crippen LogP contribution >= 0.6 is 15.9 Å². The standard InChI is InChI=1S/C17H12BrN3O5/c1-9(22)14-15(10-2-5-12(6-3-10)21(25)26)20(17(24)16(14)23)13-7-4-11(18)8-19-13/h2-8,15,23H,1H3. The predicted molar refractivity (Wildman–Crippen MR) is 95.6 cm³/mol. The second-order valence-electron chi connectivity index (χ2n) is 5.58. The van der Waals surface area contributed by atoms with Crippen LogP contribution in [0.25, 0.3) is 0 Å². The van der Waals surface area contributed by atoms with Gasteiger partial charge in [-0.05, 0) is 52.7 Å². The maximum Gasteiger partial charge on any atom is 0.295 e. The molecule has 0 fully saturated rings. The summed E-state index contributed by atoms with van der Waals surface area (Å²) in [6.45, 7) is 1.25. The third kappa shape index (κ3) is 2.97. The van der Waals surface area contributed by atoms with Gasteiger partial charge in [0.05, 0.1) is 16.5 Å². The largest absolute Gasteiger partial charge is 0.503 e. The molecule has 8 nitrogen and oxygen atoms in total. The number of rotatable bonds is 4. The topological polar surface area (TPSA) is 114 Å². The summed E-state index contributed by atoms with van der Waals surface area (Å²) in [5, 5.41) is 21.1. The number of amides is 1. The lowest BCUT2D eigenvalue weighted by molar-refractivity contribution is -0.384. The number of nitrogens with zero attached hydrogens (tertiary/aromatic N) is 3. The highest BCUT2D eigenvalue weighted by Gasteiger charge is 2.43. The molecule has 1 atom stereocenters. The van der Waals surface area contributed by atoms with E-state index < -0.39 is 28.4 Å². The summed E-state index contributed by atoms with van der Waals surface area (Å²) in [6, 6.07) is 7.77. The van der Waals surface area contributed by atoms with Gasteiger partial charge in [-0.2, -0.15) is 0 Å². The Labute approximate surface area is 156 Å². The van der Waals surface area contributed by atoms with Crippen LogP contribution in [-0.2, 0) is 9.59 Å². The van der Waals surface area contributed by atoms with E-state index in [0.29, 0.717) is 10.0 Å². The molecular formula is C17H12BrN3O5. The van der Waals surface area contributed by atoms with Gasteiger partial charge in [-0.25, -0.2) is 4.98 Å². The van der Waals surface area contributed by atoms with Crippen LogP contribution in [-0.4, -0.2) is 26.7 Å². The number of pyridine rings is 1. The summed E-state index contributed by atoms with van der Waals surface area (Å²) in [5.74, 6) is -1.64. The number of nitro benzene ring substituents is 1. The predicted octanol–water partition coefficient (Wildman–Crippen LogP) is 3.24. The van der Waals surface area contributed by atoms with Crippen molar-refractivity contribution >= 4 is 39.1 Å². The lowest BCUT2D eigenvalue weighted by Crippen LogP contribution is -2.31. The highest BCUT2D eigenvalue weighted by molar-refractivity contribution is 9.10. The number of non-ortho nitro benzene ring substituents is 1. The van der Waals surface area contributed by atoms with E-state index in [-0.39, 0.29) is 17.1 Å². The number of ketones is 1. The van der Waals surface area contributed by atoms with Gasteiger partial charge in [0, 0.05) is 22.8 Å². The van der Waals surface area contributed by atoms with Gasteiger partial charge in [0.25, 0.3) is 11.6 Å². The first-order valence-corrected chi connectivity index (χ1v) is 8.24. The number of hydrogen-bond acceptors (Lipinski definition) is 6. The second-order valence-corrected chi connectivity index (χ2v) is 6.50. The van der Waals surface area contributed by atoms with Crippen molar-refractivity contribution in [2.75, 3.05) is 4.90 Å². The molecule has 1 unspecified atom stereocenters. The van der Waals surface area contributed by atoms with Crippen molar-refractivity contribution in [3.8, 4) is 0 Å². The molecule has 1 aromatic heterocycles. The third-order valence-corrected chi connectivity index (χ3v) is 4.43. The van der Waals surface area contributed by atoms with Crippen LogP contribution in [0.3, 0.4) is 0 Å². The minimum absolute atomic E-state index is 0.0754. The summed E-state index contributed by atoms with van der Waals surface area (Å²) in [4.78, 5) is 40.3. The molecule has 1 aromatic carbocycles. The van der Waals surface area contributed by atoms with Crippen molar-refractivity contribution < 1.29 is 19.6 Å². The zero-order valence-corrected chi connectivity index (χ0v) is 15.0. The summed E-state index contributed by atoms with van der Waals surface area (Å²) in [6.07, 6.45) is 1.48. The molecule has 0 radical (unpaired) electrons. The number of Topliss-reactive ketones (excluding diaryl/α,β-unsaturated/α-hetero) is 1. The molecule has 1 aliphatic heterocycles. The molecule has 0 saturated carbocycles. The minimum Gasteiger partial charge on any atom is -0.503 e. The highest BCUT2D eigenvalue weighted by Crippen LogP contribution is 2.40. The number of aliphatic hydroxyl groups is 1. The Balaban J connectivity index is 2.14. The first kappa shape index (κ1) is 17.7. The Morgan fingerprint density at radius 1 is 1.27 bits per heavy atom. The van der Waals surface area contributed by atoms with Crippen LogP contribution in [0.15, 0.2) is 58.4 Å². The fourth-order valence-electron chi connectivity index (χ4n) is 2.81. The van der Waals surface area contributed by atoms with E-state index in [9.17, 15) is 24.8 Å². The molecule has 0 spiro atoms. The van der Waals surface area contributed by atoms with Gasteiger partial charge in [-0.15, -0.1) is 0 Å². The Morgan fingerprint density at radius 3 is 2.42 bits per heavy atom. The molecule has 1 amide bonds. The van der Waals surface area contributed by atoms with Crippen molar-refractivity contribution in [3.63, 3.8) is 0 Å². The van der Waals surface area contributed by atoms with Gasteiger partial charge >= 0.3 is 0 Å². The fourth-order valence-corrected chi connectivity index (χ4v) is 3.04. The van der Waals surface area contributed by atoms with Gasteiger partial charge in [-0.3, -0.25) is 24.6 Å². The van der Waals surface area contributed by atoms with Gasteiger partial charge in [0.1, 0.15) is 5.82 Å². The lowest BCUT2D eigenvalue weighted by Gasteiger charge is -2.25. The van der Waals surface area contributed by atoms with Crippen LogP contribution in [0, 0.1) is 10.1 Å². The highest BCUT2D eigenvalue weighted by atomic mass is 79.9. The van der Waals surface area contributed by atoms with Crippen molar-refractivity contribution in [1.29, 1.82) is 0 Å². The zero-order chi connectivity index (χ0) is 19.0. The first-order valence-electron chi connectivity index (χ1n) is 7.44. The van der Waals surface area contributed by atoms with Gasteiger partial charge in [0.2, 0.25) is 0 Å². The van der Waals surface area contributed by atoms with Gasteiger partial charge in [-0.1, -0.05) is 0 Å². The van der Waals surface area contributed by atoms with Crippen LogP contribution in [0.4, 0.5) is 11.5 Å². The molecule has 26 heavy (non-hydrogen) atoms. The quantitative estimate of drug-likeness (QED) is 0.603. The van der Waals surface area contributed by atoms with E-state index in [1.165, 1.54) is 42.3 Å². The molecule has 3 rings (SSSR count). The molecule has 132 valence electrons. The minimum atomic E-state index is -0.922. The van der Waals surface area contributed by atoms with E-state index in [2.05, 4.69) is 20.9 Å². The van der Waals surface area contributed by atoms with Crippen molar-refractivity contribution in [2.45, 2.75) is 13.0 Å². The number of nitro groups is 1. The zero-order valence-electron chi connectivity index (χ0n) is 13.4. The molecule has 2 heterocycles. The summed E-state index contributed by atoms with van der Waals surface area (Å²) in [5.41, 5.74) is 0.250. The van der Waals surface area contributed by atoms with Crippen molar-refractivity contribution in [1.82, 2.24) is 4.98 Å². The Bertz CT molecular complexity index is 938. The molecule has 0 aliphatic carbocycles. The number of carbonyl (C=O) groups excluding carboxylic acids is 2. The molecule has 0 bridgehead atoms. The number of aromatic nitrogens is 1.